The molecular formula is C37H53N5O7. The number of nitrogens with two attached hydrogens (primary N) is 1. The molecule has 12 heteroatoms. The van der Waals surface area contributed by atoms with Crippen LogP contribution in [0.1, 0.15) is 85.1 Å². The molecule has 268 valence electrons. The number of likely N-dealkylation sites (tertiary alicyclic amines) is 1. The van der Waals surface area contributed by atoms with Gasteiger partial charge in [-0.25, -0.2) is 9.59 Å². The predicted octanol–water partition coefficient (Wildman–Crippen LogP) is 3.38. The third-order valence-electron chi connectivity index (χ3n) is 10.3. The van der Waals surface area contributed by atoms with Crippen molar-refractivity contribution in [1.82, 2.24) is 20.9 Å². The summed E-state index contributed by atoms with van der Waals surface area (Å²) >= 11 is 0. The van der Waals surface area contributed by atoms with Crippen molar-refractivity contribution >= 4 is 35.5 Å². The summed E-state index contributed by atoms with van der Waals surface area (Å²) in [6.45, 7) is 13.5. The Morgan fingerprint density at radius 1 is 0.959 bits per heavy atom. The zero-order valence-electron chi connectivity index (χ0n) is 29.5. The number of rotatable bonds is 15. The second-order valence-corrected chi connectivity index (χ2v) is 15.5. The molecule has 0 bridgehead atoms. The molecule has 3 fully saturated rings. The van der Waals surface area contributed by atoms with Crippen LogP contribution < -0.4 is 21.7 Å². The summed E-state index contributed by atoms with van der Waals surface area (Å²) in [6, 6.07) is 4.52. The van der Waals surface area contributed by atoms with Crippen LogP contribution in [0.4, 0.5) is 4.79 Å². The molecule has 12 nitrogen and oxygen atoms in total. The van der Waals surface area contributed by atoms with Gasteiger partial charge in [-0.1, -0.05) is 90.3 Å². The molecule has 0 aromatic heterocycles. The van der Waals surface area contributed by atoms with Crippen molar-refractivity contribution in [2.45, 2.75) is 110 Å². The quantitative estimate of drug-likeness (QED) is 0.125. The second-order valence-electron chi connectivity index (χ2n) is 15.5. The summed E-state index contributed by atoms with van der Waals surface area (Å²) in [4.78, 5) is 81.3. The van der Waals surface area contributed by atoms with Crippen LogP contribution in [0.5, 0.6) is 0 Å². The highest BCUT2D eigenvalue weighted by Crippen LogP contribution is 2.41. The Kier molecular flexibility index (Phi) is 11.9. The molecule has 4 rings (SSSR count). The number of nitrogens with zero attached hydrogens (tertiary/aromatic N) is 1. The summed E-state index contributed by atoms with van der Waals surface area (Å²) in [5, 5.41) is 8.36. The van der Waals surface area contributed by atoms with Crippen molar-refractivity contribution in [3.05, 3.63) is 48.6 Å². The average Bonchev–Trinajstić information content (AvgIpc) is 3.72. The van der Waals surface area contributed by atoms with Crippen LogP contribution in [0.2, 0.25) is 0 Å². The molecule has 1 aliphatic heterocycles. The highest BCUT2D eigenvalue weighted by atomic mass is 16.5. The first-order valence-electron chi connectivity index (χ1n) is 17.4. The van der Waals surface area contributed by atoms with E-state index in [1.165, 1.54) is 4.90 Å². The van der Waals surface area contributed by atoms with Gasteiger partial charge in [-0.05, 0) is 59.8 Å². The molecule has 1 saturated heterocycles. The lowest BCUT2D eigenvalue weighted by Gasteiger charge is -2.39. The SMILES string of the molecule is C=CC(C)(C)C1CCN(C(=O)[C@@H](NC(=O)N[C@H](C(=O)OCc2ccccc2)C2CCC2)C(C)(C)C)[C@@H]1C(=O)NC(CC1CC1)C(=O)C(N)=O. The summed E-state index contributed by atoms with van der Waals surface area (Å²) in [6.07, 6.45) is 6.76. The number of primary amides is 1. The zero-order valence-corrected chi connectivity index (χ0v) is 29.5. The third-order valence-corrected chi connectivity index (χ3v) is 10.3. The van der Waals surface area contributed by atoms with Crippen LogP contribution in [0.25, 0.3) is 0 Å². The van der Waals surface area contributed by atoms with Gasteiger partial charge in [0.2, 0.25) is 17.6 Å². The molecule has 5 N–H and O–H groups in total. The largest absolute Gasteiger partial charge is 0.459 e. The first kappa shape index (κ1) is 37.6. The molecule has 1 heterocycles. The van der Waals surface area contributed by atoms with E-state index in [4.69, 9.17) is 10.5 Å². The lowest BCUT2D eigenvalue weighted by atomic mass is 9.74. The van der Waals surface area contributed by atoms with E-state index in [0.717, 1.165) is 37.7 Å². The summed E-state index contributed by atoms with van der Waals surface area (Å²) in [7, 11) is 0. The maximum absolute atomic E-state index is 14.4. The Morgan fingerprint density at radius 3 is 2.14 bits per heavy atom. The fraction of sp³-hybridized carbons (Fsp3) is 0.622. The van der Waals surface area contributed by atoms with E-state index in [0.29, 0.717) is 12.8 Å². The molecule has 2 saturated carbocycles. The Hall–Kier alpha value is -4.22. The van der Waals surface area contributed by atoms with Crippen LogP contribution in [-0.2, 0) is 35.3 Å². The minimum atomic E-state index is -1.12. The summed E-state index contributed by atoms with van der Waals surface area (Å²) in [5.41, 5.74) is 4.78. The molecule has 0 radical (unpaired) electrons. The number of benzene rings is 1. The number of urea groups is 1. The van der Waals surface area contributed by atoms with Gasteiger partial charge in [0.05, 0.1) is 6.04 Å². The monoisotopic (exact) mass is 679 g/mol. The molecular weight excluding hydrogens is 626 g/mol. The van der Waals surface area contributed by atoms with Crippen molar-refractivity contribution < 1.29 is 33.5 Å². The van der Waals surface area contributed by atoms with Crippen LogP contribution in [-0.4, -0.2) is 71.1 Å². The number of esters is 1. The molecule has 1 aromatic carbocycles. The highest BCUT2D eigenvalue weighted by molar-refractivity contribution is 6.37. The first-order valence-corrected chi connectivity index (χ1v) is 17.4. The van der Waals surface area contributed by atoms with E-state index in [9.17, 15) is 28.8 Å². The van der Waals surface area contributed by atoms with Crippen LogP contribution in [0, 0.1) is 28.6 Å². The van der Waals surface area contributed by atoms with E-state index in [1.54, 1.807) is 26.8 Å². The Morgan fingerprint density at radius 2 is 1.61 bits per heavy atom. The third kappa shape index (κ3) is 9.48. The van der Waals surface area contributed by atoms with E-state index in [-0.39, 0.29) is 30.9 Å². The van der Waals surface area contributed by atoms with Gasteiger partial charge in [0, 0.05) is 6.54 Å². The Balaban J connectivity index is 1.53. The molecule has 2 unspecified atom stereocenters. The topological polar surface area (TPSA) is 177 Å². The molecule has 5 amide bonds. The minimum Gasteiger partial charge on any atom is -0.459 e. The highest BCUT2D eigenvalue weighted by Gasteiger charge is 2.51. The van der Waals surface area contributed by atoms with E-state index < -0.39 is 70.5 Å². The van der Waals surface area contributed by atoms with Crippen molar-refractivity contribution in [2.24, 2.45) is 34.3 Å². The summed E-state index contributed by atoms with van der Waals surface area (Å²) < 4.78 is 5.57. The smallest absolute Gasteiger partial charge is 0.329 e. The second kappa shape index (κ2) is 15.6. The number of Topliss-reactive ketones (excluding diaryl/α,β-unsaturated/α-hetero) is 1. The van der Waals surface area contributed by atoms with E-state index in [2.05, 4.69) is 22.5 Å². The van der Waals surface area contributed by atoms with Gasteiger partial charge < -0.3 is 31.3 Å². The molecule has 2 aliphatic carbocycles. The molecule has 49 heavy (non-hydrogen) atoms. The van der Waals surface area contributed by atoms with Crippen LogP contribution in [0.3, 0.4) is 0 Å². The number of allylic oxidation sites excluding steroid dienone is 1. The van der Waals surface area contributed by atoms with E-state index in [1.807, 2.05) is 44.2 Å². The first-order chi connectivity index (χ1) is 23.0. The number of carbonyl (C=O) groups is 6. The number of ketones is 1. The van der Waals surface area contributed by atoms with Gasteiger partial charge in [-0.15, -0.1) is 6.58 Å². The van der Waals surface area contributed by atoms with Gasteiger partial charge in [-0.3, -0.25) is 19.2 Å². The van der Waals surface area contributed by atoms with Gasteiger partial charge in [0.1, 0.15) is 24.7 Å². The van der Waals surface area contributed by atoms with Gasteiger partial charge in [0.15, 0.2) is 0 Å². The number of hydrogen-bond acceptors (Lipinski definition) is 7. The lowest BCUT2D eigenvalue weighted by Crippen LogP contribution is -2.62. The van der Waals surface area contributed by atoms with Gasteiger partial charge in [-0.2, -0.15) is 0 Å². The average molecular weight is 680 g/mol. The molecule has 1 aromatic rings. The maximum Gasteiger partial charge on any atom is 0.329 e. The number of ether oxygens (including phenoxy) is 1. The van der Waals surface area contributed by atoms with Crippen molar-refractivity contribution in [2.75, 3.05) is 6.54 Å². The molecule has 0 spiro atoms. The summed E-state index contributed by atoms with van der Waals surface area (Å²) in [5.74, 6) is -3.81. The molecule has 3 aliphatic rings. The fourth-order valence-corrected chi connectivity index (χ4v) is 6.73. The number of nitrogens with one attached hydrogen (secondary N) is 3. The number of carbonyl (C=O) groups excluding carboxylic acids is 6. The Bertz CT molecular complexity index is 1410. The van der Waals surface area contributed by atoms with Crippen molar-refractivity contribution in [3.8, 4) is 0 Å². The van der Waals surface area contributed by atoms with Crippen molar-refractivity contribution in [3.63, 3.8) is 0 Å². The minimum absolute atomic E-state index is 0.0719. The maximum atomic E-state index is 14.4. The fourth-order valence-electron chi connectivity index (χ4n) is 6.73. The van der Waals surface area contributed by atoms with E-state index >= 15 is 0 Å². The zero-order chi connectivity index (χ0) is 36.1. The van der Waals surface area contributed by atoms with Gasteiger partial charge >= 0.3 is 12.0 Å². The van der Waals surface area contributed by atoms with Crippen LogP contribution >= 0.6 is 0 Å². The number of hydrogen-bond donors (Lipinski definition) is 4. The Labute approximate surface area is 289 Å². The number of amides is 5. The van der Waals surface area contributed by atoms with Gasteiger partial charge in [0.25, 0.3) is 5.91 Å². The standard InChI is InChI=1S/C37H53N5O7/c1-7-37(5,6)25-18-19-42(28(25)32(45)39-26(20-22-16-17-22)29(43)31(38)44)33(46)30(36(2,3)4)41-35(48)40-27(24-14-11-15-24)34(47)49-21-23-12-9-8-10-13-23/h7-10,12-13,22,24-28,30H,1,11,14-21H2,2-6H3,(H2,38,44)(H,39,45)(H2,40,41,48)/t25?,26?,27-,28-,30+/m0/s1. The lowest BCUT2D eigenvalue weighted by molar-refractivity contribution is -0.149. The molecule has 5 atom stereocenters. The van der Waals surface area contributed by atoms with Crippen LogP contribution in [0.15, 0.2) is 43.0 Å². The normalized spacial score (nSPS) is 21.4. The predicted molar refractivity (Wildman–Crippen MR) is 183 cm³/mol. The van der Waals surface area contributed by atoms with Crippen molar-refractivity contribution in [1.29, 1.82) is 0 Å².